The minimum atomic E-state index is -3.10. The quantitative estimate of drug-likeness (QED) is 0.910. The van der Waals surface area contributed by atoms with E-state index in [9.17, 15) is 8.42 Å². The van der Waals surface area contributed by atoms with Gasteiger partial charge < -0.3 is 0 Å². The molecule has 22 heavy (non-hydrogen) atoms. The lowest BCUT2D eigenvalue weighted by atomic mass is 9.95. The molecule has 0 bridgehead atoms. The topological polar surface area (TPSA) is 91.8 Å². The second-order valence-corrected chi connectivity index (χ2v) is 7.70. The number of nitrogens with one attached hydrogen (secondary N) is 1. The summed E-state index contributed by atoms with van der Waals surface area (Å²) in [7, 11) is -3.10. The van der Waals surface area contributed by atoms with Gasteiger partial charge in [-0.05, 0) is 25.2 Å². The van der Waals surface area contributed by atoms with Crippen LogP contribution in [-0.2, 0) is 16.4 Å². The first-order valence-corrected chi connectivity index (χ1v) is 9.12. The maximum Gasteiger partial charge on any atom is 0.211 e. The predicted octanol–water partition coefficient (Wildman–Crippen LogP) is 1.08. The maximum atomic E-state index is 11.6. The first-order chi connectivity index (χ1) is 10.5. The van der Waals surface area contributed by atoms with Crippen molar-refractivity contribution in [3.05, 3.63) is 30.5 Å². The van der Waals surface area contributed by atoms with E-state index >= 15 is 0 Å². The number of nitrogens with zero attached hydrogens (tertiary/aromatic N) is 4. The van der Waals surface area contributed by atoms with Crippen molar-refractivity contribution in [2.24, 2.45) is 5.92 Å². The monoisotopic (exact) mass is 321 g/mol. The first kappa shape index (κ1) is 15.1. The molecule has 1 aliphatic rings. The van der Waals surface area contributed by atoms with Crippen LogP contribution in [0.5, 0.6) is 0 Å². The van der Waals surface area contributed by atoms with Crippen molar-refractivity contribution in [1.29, 1.82) is 0 Å². The molecule has 118 valence electrons. The standard InChI is InChI=1S/C14H19N5O2S/c1-22(20,21)19-4-2-3-11(10-19)5-13-8-16-14(9-15-13)12-6-17-18-7-12/h6-9,11H,2-5,10H2,1H3,(H,17,18). The van der Waals surface area contributed by atoms with E-state index in [4.69, 9.17) is 0 Å². The van der Waals surface area contributed by atoms with Gasteiger partial charge in [-0.2, -0.15) is 5.10 Å². The molecule has 8 heteroatoms. The molecule has 1 N–H and O–H groups in total. The van der Waals surface area contributed by atoms with Crippen molar-refractivity contribution in [1.82, 2.24) is 24.5 Å². The van der Waals surface area contributed by atoms with Crippen LogP contribution in [-0.4, -0.2) is 52.2 Å². The average molecular weight is 321 g/mol. The Hall–Kier alpha value is -1.80. The molecule has 1 unspecified atom stereocenters. The second-order valence-electron chi connectivity index (χ2n) is 5.71. The number of sulfonamides is 1. The maximum absolute atomic E-state index is 11.6. The molecule has 0 aliphatic carbocycles. The van der Waals surface area contributed by atoms with Crippen molar-refractivity contribution in [2.45, 2.75) is 19.3 Å². The molecule has 3 heterocycles. The minimum absolute atomic E-state index is 0.303. The normalized spacial score (nSPS) is 20.1. The van der Waals surface area contributed by atoms with Gasteiger partial charge in [-0.3, -0.25) is 15.1 Å². The number of rotatable bonds is 4. The molecule has 0 spiro atoms. The van der Waals surface area contributed by atoms with E-state index in [0.717, 1.165) is 36.2 Å². The Morgan fingerprint density at radius 1 is 1.32 bits per heavy atom. The minimum Gasteiger partial charge on any atom is -0.285 e. The Balaban J connectivity index is 1.66. The van der Waals surface area contributed by atoms with Crippen molar-refractivity contribution < 1.29 is 8.42 Å². The number of hydrogen-bond acceptors (Lipinski definition) is 5. The molecule has 1 aliphatic heterocycles. The molecular weight excluding hydrogens is 302 g/mol. The van der Waals surface area contributed by atoms with Gasteiger partial charge in [-0.15, -0.1) is 0 Å². The second kappa shape index (κ2) is 6.13. The molecule has 0 aromatic carbocycles. The summed E-state index contributed by atoms with van der Waals surface area (Å²) >= 11 is 0. The molecule has 2 aromatic heterocycles. The third-order valence-corrected chi connectivity index (χ3v) is 5.22. The zero-order chi connectivity index (χ0) is 15.6. The van der Waals surface area contributed by atoms with E-state index in [0.29, 0.717) is 19.0 Å². The smallest absolute Gasteiger partial charge is 0.211 e. The highest BCUT2D eigenvalue weighted by Gasteiger charge is 2.26. The van der Waals surface area contributed by atoms with E-state index in [1.165, 1.54) is 6.26 Å². The third kappa shape index (κ3) is 3.50. The van der Waals surface area contributed by atoms with E-state index in [1.807, 2.05) is 0 Å². The largest absolute Gasteiger partial charge is 0.285 e. The summed E-state index contributed by atoms with van der Waals surface area (Å²) in [5, 5.41) is 6.64. The highest BCUT2D eigenvalue weighted by Crippen LogP contribution is 2.22. The summed E-state index contributed by atoms with van der Waals surface area (Å²) < 4.78 is 24.9. The van der Waals surface area contributed by atoms with Gasteiger partial charge in [-0.25, -0.2) is 12.7 Å². The summed E-state index contributed by atoms with van der Waals surface area (Å²) in [6, 6.07) is 0. The first-order valence-electron chi connectivity index (χ1n) is 7.27. The van der Waals surface area contributed by atoms with Crippen LogP contribution < -0.4 is 0 Å². The fourth-order valence-electron chi connectivity index (χ4n) is 2.79. The highest BCUT2D eigenvalue weighted by molar-refractivity contribution is 7.88. The molecule has 7 nitrogen and oxygen atoms in total. The van der Waals surface area contributed by atoms with Crippen LogP contribution in [0.2, 0.25) is 0 Å². The Bertz CT molecular complexity index is 712. The van der Waals surface area contributed by atoms with Crippen molar-refractivity contribution in [3.63, 3.8) is 0 Å². The molecule has 0 saturated carbocycles. The van der Waals surface area contributed by atoms with Crippen LogP contribution in [0, 0.1) is 5.92 Å². The molecule has 1 atom stereocenters. The lowest BCUT2D eigenvalue weighted by molar-refractivity contribution is 0.265. The molecule has 0 radical (unpaired) electrons. The van der Waals surface area contributed by atoms with Gasteiger partial charge >= 0.3 is 0 Å². The van der Waals surface area contributed by atoms with Gasteiger partial charge in [0.15, 0.2) is 0 Å². The summed E-state index contributed by atoms with van der Waals surface area (Å²) in [5.41, 5.74) is 2.58. The molecule has 0 amide bonds. The van der Waals surface area contributed by atoms with E-state index in [-0.39, 0.29) is 0 Å². The van der Waals surface area contributed by atoms with Gasteiger partial charge in [-0.1, -0.05) is 0 Å². The van der Waals surface area contributed by atoms with Crippen LogP contribution in [0.1, 0.15) is 18.5 Å². The molecule has 2 aromatic rings. The van der Waals surface area contributed by atoms with E-state index in [1.54, 1.807) is 29.1 Å². The van der Waals surface area contributed by atoms with Gasteiger partial charge in [0.1, 0.15) is 0 Å². The predicted molar refractivity (Wildman–Crippen MR) is 82.5 cm³/mol. The van der Waals surface area contributed by atoms with Crippen LogP contribution >= 0.6 is 0 Å². The lowest BCUT2D eigenvalue weighted by Gasteiger charge is -2.30. The van der Waals surface area contributed by atoms with E-state index in [2.05, 4.69) is 20.2 Å². The van der Waals surface area contributed by atoms with Crippen LogP contribution in [0.4, 0.5) is 0 Å². The Morgan fingerprint density at radius 2 is 2.18 bits per heavy atom. The number of aromatic amines is 1. The number of aromatic nitrogens is 4. The average Bonchev–Trinajstić information content (AvgIpc) is 3.02. The lowest BCUT2D eigenvalue weighted by Crippen LogP contribution is -2.39. The fraction of sp³-hybridized carbons (Fsp3) is 0.500. The summed E-state index contributed by atoms with van der Waals surface area (Å²) in [5.74, 6) is 0.303. The van der Waals surface area contributed by atoms with Gasteiger partial charge in [0.25, 0.3) is 0 Å². The SMILES string of the molecule is CS(=O)(=O)N1CCCC(Cc2cnc(-c3cn[nH]c3)cn2)C1. The Morgan fingerprint density at radius 3 is 2.82 bits per heavy atom. The summed E-state index contributed by atoms with van der Waals surface area (Å²) in [6.45, 7) is 1.20. The Labute approximate surface area is 129 Å². The molecule has 1 fully saturated rings. The summed E-state index contributed by atoms with van der Waals surface area (Å²) in [6.07, 6.45) is 10.9. The zero-order valence-electron chi connectivity index (χ0n) is 12.4. The molecule has 1 saturated heterocycles. The van der Waals surface area contributed by atoms with E-state index < -0.39 is 10.0 Å². The zero-order valence-corrected chi connectivity index (χ0v) is 13.3. The van der Waals surface area contributed by atoms with Gasteiger partial charge in [0, 0.05) is 31.0 Å². The van der Waals surface area contributed by atoms with Gasteiger partial charge in [0.05, 0.1) is 30.0 Å². The Kier molecular flexibility index (Phi) is 4.21. The van der Waals surface area contributed by atoms with Crippen LogP contribution in [0.15, 0.2) is 24.8 Å². The molecular formula is C14H19N5O2S. The number of hydrogen-bond donors (Lipinski definition) is 1. The van der Waals surface area contributed by atoms with Crippen LogP contribution in [0.3, 0.4) is 0 Å². The van der Waals surface area contributed by atoms with Crippen LogP contribution in [0.25, 0.3) is 11.3 Å². The number of piperidine rings is 1. The van der Waals surface area contributed by atoms with Crippen molar-refractivity contribution in [2.75, 3.05) is 19.3 Å². The van der Waals surface area contributed by atoms with Crippen molar-refractivity contribution in [3.8, 4) is 11.3 Å². The number of H-pyrrole nitrogens is 1. The summed E-state index contributed by atoms with van der Waals surface area (Å²) in [4.78, 5) is 8.84. The highest BCUT2D eigenvalue weighted by atomic mass is 32.2. The molecule has 3 rings (SSSR count). The fourth-order valence-corrected chi connectivity index (χ4v) is 3.73. The third-order valence-electron chi connectivity index (χ3n) is 3.95. The van der Waals surface area contributed by atoms with Crippen molar-refractivity contribution >= 4 is 10.0 Å². The van der Waals surface area contributed by atoms with Gasteiger partial charge in [0.2, 0.25) is 10.0 Å².